The van der Waals surface area contributed by atoms with Crippen molar-refractivity contribution in [2.75, 3.05) is 20.3 Å². The molecule has 2 rings (SSSR count). The van der Waals surface area contributed by atoms with Gasteiger partial charge in [0.05, 0.1) is 24.3 Å². The van der Waals surface area contributed by atoms with Crippen molar-refractivity contribution in [2.24, 2.45) is 0 Å². The van der Waals surface area contributed by atoms with E-state index >= 15 is 0 Å². The number of hydrogen-bond acceptors (Lipinski definition) is 4. The zero-order valence-corrected chi connectivity index (χ0v) is 10.6. The third kappa shape index (κ3) is 3.18. The molecule has 0 aromatic rings. The van der Waals surface area contributed by atoms with Gasteiger partial charge in [-0.1, -0.05) is 0 Å². The molecule has 17 heavy (non-hydrogen) atoms. The molecule has 98 valence electrons. The molecule has 0 saturated carbocycles. The van der Waals surface area contributed by atoms with Crippen molar-refractivity contribution in [3.05, 3.63) is 0 Å². The Bertz CT molecular complexity index is 266. The smallest absolute Gasteiger partial charge is 0.237 e. The highest BCUT2D eigenvalue weighted by molar-refractivity contribution is 5.82. The van der Waals surface area contributed by atoms with E-state index in [0.717, 1.165) is 32.4 Å². The van der Waals surface area contributed by atoms with E-state index in [2.05, 4.69) is 10.6 Å². The third-order valence-corrected chi connectivity index (χ3v) is 3.63. The van der Waals surface area contributed by atoms with Gasteiger partial charge in [-0.25, -0.2) is 0 Å². The maximum atomic E-state index is 12.0. The first-order valence-electron chi connectivity index (χ1n) is 6.39. The molecule has 2 N–H and O–H groups in total. The third-order valence-electron chi connectivity index (χ3n) is 3.63. The van der Waals surface area contributed by atoms with Gasteiger partial charge in [-0.2, -0.15) is 0 Å². The van der Waals surface area contributed by atoms with E-state index in [1.807, 2.05) is 6.92 Å². The molecule has 0 aliphatic carbocycles. The number of carbonyl (C=O) groups is 1. The first-order valence-corrected chi connectivity index (χ1v) is 6.39. The average Bonchev–Trinajstić information content (AvgIpc) is 3.00. The first-order chi connectivity index (χ1) is 8.20. The summed E-state index contributed by atoms with van der Waals surface area (Å²) in [4.78, 5) is 12.0. The lowest BCUT2D eigenvalue weighted by Gasteiger charge is -2.22. The van der Waals surface area contributed by atoms with E-state index in [1.54, 1.807) is 7.11 Å². The van der Waals surface area contributed by atoms with Gasteiger partial charge in [0.2, 0.25) is 5.91 Å². The van der Waals surface area contributed by atoms with Crippen molar-refractivity contribution in [3.63, 3.8) is 0 Å². The molecular weight excluding hydrogens is 220 g/mol. The number of methoxy groups -OCH3 is 1. The molecular formula is C12H22N2O3. The van der Waals surface area contributed by atoms with Crippen LogP contribution < -0.4 is 10.6 Å². The van der Waals surface area contributed by atoms with Crippen LogP contribution in [-0.2, 0) is 14.3 Å². The van der Waals surface area contributed by atoms with Gasteiger partial charge < -0.3 is 20.1 Å². The lowest BCUT2D eigenvalue weighted by molar-refractivity contribution is -0.124. The minimum Gasteiger partial charge on any atom is -0.380 e. The van der Waals surface area contributed by atoms with Crippen LogP contribution in [0.5, 0.6) is 0 Å². The number of hydrogen-bond donors (Lipinski definition) is 2. The Hall–Kier alpha value is -0.650. The Kier molecular flexibility index (Phi) is 4.36. The summed E-state index contributed by atoms with van der Waals surface area (Å²) in [5.41, 5.74) is 0. The van der Waals surface area contributed by atoms with Crippen molar-refractivity contribution in [1.29, 1.82) is 0 Å². The molecule has 4 unspecified atom stereocenters. The van der Waals surface area contributed by atoms with Gasteiger partial charge in [-0.15, -0.1) is 0 Å². The second kappa shape index (κ2) is 5.80. The van der Waals surface area contributed by atoms with Gasteiger partial charge in [0.25, 0.3) is 0 Å². The van der Waals surface area contributed by atoms with Crippen molar-refractivity contribution in [2.45, 2.75) is 50.5 Å². The predicted octanol–water partition coefficient (Wildman–Crippen LogP) is 0.0470. The largest absolute Gasteiger partial charge is 0.380 e. The van der Waals surface area contributed by atoms with Crippen LogP contribution >= 0.6 is 0 Å². The number of rotatable bonds is 4. The Labute approximate surface area is 102 Å². The van der Waals surface area contributed by atoms with Crippen molar-refractivity contribution < 1.29 is 14.3 Å². The molecule has 5 nitrogen and oxygen atoms in total. The molecule has 2 saturated heterocycles. The van der Waals surface area contributed by atoms with Crippen LogP contribution in [0.25, 0.3) is 0 Å². The van der Waals surface area contributed by atoms with Crippen molar-refractivity contribution >= 4 is 5.91 Å². The summed E-state index contributed by atoms with van der Waals surface area (Å²) >= 11 is 0. The van der Waals surface area contributed by atoms with Crippen LogP contribution in [0.15, 0.2) is 0 Å². The minimum absolute atomic E-state index is 0.0625. The normalized spacial score (nSPS) is 34.8. The van der Waals surface area contributed by atoms with Gasteiger partial charge in [-0.05, 0) is 26.2 Å². The molecule has 0 spiro atoms. The zero-order chi connectivity index (χ0) is 12.3. The number of nitrogens with one attached hydrogen (secondary N) is 2. The maximum Gasteiger partial charge on any atom is 0.237 e. The van der Waals surface area contributed by atoms with E-state index in [-0.39, 0.29) is 30.2 Å². The molecule has 2 heterocycles. The van der Waals surface area contributed by atoms with Gasteiger partial charge in [0.1, 0.15) is 0 Å². The monoisotopic (exact) mass is 242 g/mol. The van der Waals surface area contributed by atoms with Crippen LogP contribution in [0.2, 0.25) is 0 Å². The summed E-state index contributed by atoms with van der Waals surface area (Å²) in [7, 11) is 1.68. The Morgan fingerprint density at radius 3 is 3.00 bits per heavy atom. The summed E-state index contributed by atoms with van der Waals surface area (Å²) in [6.07, 6.45) is 3.22. The van der Waals surface area contributed by atoms with Crippen molar-refractivity contribution in [1.82, 2.24) is 10.6 Å². The van der Waals surface area contributed by atoms with Crippen LogP contribution in [0, 0.1) is 0 Å². The Morgan fingerprint density at radius 2 is 2.41 bits per heavy atom. The molecule has 2 aliphatic heterocycles. The second-order valence-corrected chi connectivity index (χ2v) is 4.90. The molecule has 2 fully saturated rings. The SMILES string of the molecule is COC1CNC(C(=O)NC(C)C2CCCO2)C1. The molecule has 2 aliphatic rings. The number of carbonyl (C=O) groups excluding carboxylic acids is 1. The molecule has 0 aromatic heterocycles. The molecule has 0 radical (unpaired) electrons. The lowest BCUT2D eigenvalue weighted by atomic mass is 10.1. The van der Waals surface area contributed by atoms with E-state index < -0.39 is 0 Å². The summed E-state index contributed by atoms with van der Waals surface area (Å²) < 4.78 is 10.8. The highest BCUT2D eigenvalue weighted by Crippen LogP contribution is 2.16. The average molecular weight is 242 g/mol. The quantitative estimate of drug-likeness (QED) is 0.731. The zero-order valence-electron chi connectivity index (χ0n) is 10.6. The summed E-state index contributed by atoms with van der Waals surface area (Å²) in [6, 6.07) is -0.0304. The fourth-order valence-corrected chi connectivity index (χ4v) is 2.50. The topological polar surface area (TPSA) is 59.6 Å². The van der Waals surface area contributed by atoms with Gasteiger partial charge in [-0.3, -0.25) is 4.79 Å². The van der Waals surface area contributed by atoms with Gasteiger partial charge in [0.15, 0.2) is 0 Å². The highest BCUT2D eigenvalue weighted by atomic mass is 16.5. The first kappa shape index (κ1) is 12.8. The highest BCUT2D eigenvalue weighted by Gasteiger charge is 2.31. The standard InChI is InChI=1S/C12H22N2O3/c1-8(11-4-3-5-17-11)14-12(15)10-6-9(16-2)7-13-10/h8-11,13H,3-7H2,1-2H3,(H,14,15). The lowest BCUT2D eigenvalue weighted by Crippen LogP contribution is -2.48. The van der Waals surface area contributed by atoms with Gasteiger partial charge >= 0.3 is 0 Å². The molecule has 5 heteroatoms. The molecule has 4 atom stereocenters. The van der Waals surface area contributed by atoms with E-state index in [4.69, 9.17) is 9.47 Å². The predicted molar refractivity (Wildman–Crippen MR) is 63.8 cm³/mol. The number of ether oxygens (including phenoxy) is 2. The summed E-state index contributed by atoms with van der Waals surface area (Å²) in [5, 5.41) is 6.20. The van der Waals surface area contributed by atoms with E-state index in [9.17, 15) is 4.79 Å². The maximum absolute atomic E-state index is 12.0. The van der Waals surface area contributed by atoms with Crippen LogP contribution in [0.4, 0.5) is 0 Å². The Balaban J connectivity index is 1.76. The van der Waals surface area contributed by atoms with Crippen molar-refractivity contribution in [3.8, 4) is 0 Å². The summed E-state index contributed by atoms with van der Waals surface area (Å²) in [6.45, 7) is 3.58. The molecule has 1 amide bonds. The van der Waals surface area contributed by atoms with Crippen LogP contribution in [-0.4, -0.2) is 50.5 Å². The fraction of sp³-hybridized carbons (Fsp3) is 0.917. The molecule has 0 aromatic carbocycles. The van der Waals surface area contributed by atoms with Gasteiger partial charge in [0, 0.05) is 20.3 Å². The van der Waals surface area contributed by atoms with E-state index in [1.165, 1.54) is 0 Å². The van der Waals surface area contributed by atoms with E-state index in [0.29, 0.717) is 0 Å². The molecule has 0 bridgehead atoms. The fourth-order valence-electron chi connectivity index (χ4n) is 2.50. The van der Waals surface area contributed by atoms with Crippen LogP contribution in [0.3, 0.4) is 0 Å². The van der Waals surface area contributed by atoms with Crippen LogP contribution in [0.1, 0.15) is 26.2 Å². The second-order valence-electron chi connectivity index (χ2n) is 4.90. The Morgan fingerprint density at radius 1 is 1.59 bits per heavy atom. The summed E-state index contributed by atoms with van der Waals surface area (Å²) in [5.74, 6) is 0.0625. The minimum atomic E-state index is -0.121. The number of amides is 1.